The zero-order valence-electron chi connectivity index (χ0n) is 17.5. The molecular weight excluding hydrogens is 412 g/mol. The Morgan fingerprint density at radius 1 is 1.03 bits per heavy atom. The first kappa shape index (κ1) is 21.2. The second kappa shape index (κ2) is 9.43. The summed E-state index contributed by atoms with van der Waals surface area (Å²) in [5.41, 5.74) is 2.27. The largest absolute Gasteiger partial charge is 0.383 e. The third-order valence-electron chi connectivity index (χ3n) is 5.28. The van der Waals surface area contributed by atoms with Crippen molar-refractivity contribution in [2.24, 2.45) is 0 Å². The Balaban J connectivity index is 1.97. The van der Waals surface area contributed by atoms with E-state index in [2.05, 4.69) is 0 Å². The number of rotatable bonds is 8. The molecule has 0 saturated carbocycles. The number of pyridine rings is 2. The zero-order valence-corrected chi connectivity index (χ0v) is 18.4. The summed E-state index contributed by atoms with van der Waals surface area (Å²) in [6.45, 7) is 1.70. The Morgan fingerprint density at radius 2 is 1.74 bits per heavy atom. The molecule has 0 aliphatic rings. The average molecular weight is 437 g/mol. The van der Waals surface area contributed by atoms with Gasteiger partial charge in [-0.25, -0.2) is 0 Å². The molecule has 0 N–H and O–H groups in total. The SMILES string of the molecule is COCCN(CCOC)C(=O)c1cc(-c2ccccc2)c(=O)n2ccc3ccsc3c12. The standard InChI is InChI=1S/C24H24N2O4S/c1-29-13-11-25(12-14-30-2)23(27)20-16-19(17-6-4-3-5-7-17)24(28)26-10-8-18-9-15-31-22(18)21(20)26/h3-10,15-16H,11-14H2,1-2H3. The van der Waals surface area contributed by atoms with Crippen molar-refractivity contribution >= 4 is 32.8 Å². The Hall–Kier alpha value is -3.00. The molecule has 0 radical (unpaired) electrons. The van der Waals surface area contributed by atoms with Gasteiger partial charge in [0.25, 0.3) is 11.5 Å². The predicted molar refractivity (Wildman–Crippen MR) is 124 cm³/mol. The number of benzene rings is 1. The van der Waals surface area contributed by atoms with Crippen LogP contribution >= 0.6 is 11.3 Å². The summed E-state index contributed by atoms with van der Waals surface area (Å²) in [5.74, 6) is -0.148. The number of ether oxygens (including phenoxy) is 2. The molecule has 6 nitrogen and oxygen atoms in total. The van der Waals surface area contributed by atoms with Gasteiger partial charge in [-0.05, 0) is 34.5 Å². The van der Waals surface area contributed by atoms with Crippen molar-refractivity contribution in [3.8, 4) is 11.1 Å². The molecule has 0 unspecified atom stereocenters. The molecule has 0 saturated heterocycles. The maximum atomic E-state index is 13.7. The van der Waals surface area contributed by atoms with Gasteiger partial charge in [-0.2, -0.15) is 0 Å². The second-order valence-corrected chi connectivity index (χ2v) is 8.08. The van der Waals surface area contributed by atoms with E-state index in [4.69, 9.17) is 9.47 Å². The first-order valence-corrected chi connectivity index (χ1v) is 10.9. The van der Waals surface area contributed by atoms with Crippen LogP contribution in [0.15, 0.2) is 64.9 Å². The van der Waals surface area contributed by atoms with Crippen molar-refractivity contribution in [3.63, 3.8) is 0 Å². The minimum absolute atomic E-state index is 0.145. The molecule has 4 aromatic rings. The lowest BCUT2D eigenvalue weighted by molar-refractivity contribution is 0.0629. The molecule has 0 spiro atoms. The van der Waals surface area contributed by atoms with E-state index >= 15 is 0 Å². The molecule has 3 heterocycles. The quantitative estimate of drug-likeness (QED) is 0.420. The maximum absolute atomic E-state index is 13.7. The highest BCUT2D eigenvalue weighted by atomic mass is 32.1. The van der Waals surface area contributed by atoms with E-state index in [9.17, 15) is 9.59 Å². The van der Waals surface area contributed by atoms with E-state index in [1.807, 2.05) is 47.8 Å². The van der Waals surface area contributed by atoms with Crippen LogP contribution in [0.1, 0.15) is 10.4 Å². The summed E-state index contributed by atoms with van der Waals surface area (Å²) in [6, 6.07) is 15.1. The van der Waals surface area contributed by atoms with Crippen LogP contribution in [0.2, 0.25) is 0 Å². The molecule has 4 rings (SSSR count). The number of aromatic nitrogens is 1. The lowest BCUT2D eigenvalue weighted by Gasteiger charge is -2.23. The third-order valence-corrected chi connectivity index (χ3v) is 6.22. The number of amides is 1. The van der Waals surface area contributed by atoms with Crippen molar-refractivity contribution in [1.82, 2.24) is 9.30 Å². The van der Waals surface area contributed by atoms with Crippen LogP contribution in [0, 0.1) is 0 Å². The number of hydrogen-bond acceptors (Lipinski definition) is 5. The van der Waals surface area contributed by atoms with Crippen LogP contribution in [0.4, 0.5) is 0 Å². The highest BCUT2D eigenvalue weighted by Gasteiger charge is 2.23. The molecule has 160 valence electrons. The number of fused-ring (bicyclic) bond motifs is 3. The Kier molecular flexibility index (Phi) is 6.46. The smallest absolute Gasteiger partial charge is 0.263 e. The highest BCUT2D eigenvalue weighted by Crippen LogP contribution is 2.30. The summed E-state index contributed by atoms with van der Waals surface area (Å²) in [5, 5.41) is 2.98. The van der Waals surface area contributed by atoms with E-state index in [0.29, 0.717) is 42.9 Å². The fraction of sp³-hybridized carbons (Fsp3) is 0.250. The second-order valence-electron chi connectivity index (χ2n) is 7.16. The lowest BCUT2D eigenvalue weighted by atomic mass is 10.0. The van der Waals surface area contributed by atoms with Crippen LogP contribution in [0.25, 0.3) is 26.7 Å². The Labute approximate surface area is 184 Å². The van der Waals surface area contributed by atoms with Gasteiger partial charge in [0.05, 0.1) is 29.0 Å². The number of hydrogen-bond donors (Lipinski definition) is 0. The van der Waals surface area contributed by atoms with Gasteiger partial charge >= 0.3 is 0 Å². The fourth-order valence-corrected chi connectivity index (χ4v) is 4.63. The molecule has 0 fully saturated rings. The third kappa shape index (κ3) is 4.12. The van der Waals surface area contributed by atoms with Gasteiger partial charge in [-0.1, -0.05) is 30.3 Å². The van der Waals surface area contributed by atoms with Crippen LogP contribution in [0.5, 0.6) is 0 Å². The summed E-state index contributed by atoms with van der Waals surface area (Å²) in [7, 11) is 3.22. The highest BCUT2D eigenvalue weighted by molar-refractivity contribution is 7.18. The summed E-state index contributed by atoms with van der Waals surface area (Å²) in [6.07, 6.45) is 1.75. The van der Waals surface area contributed by atoms with Crippen molar-refractivity contribution in [3.05, 3.63) is 76.0 Å². The molecule has 1 aromatic carbocycles. The minimum atomic E-state index is -0.148. The first-order chi connectivity index (χ1) is 15.2. The number of nitrogens with zero attached hydrogens (tertiary/aromatic N) is 2. The van der Waals surface area contributed by atoms with Gasteiger partial charge in [0.15, 0.2) is 0 Å². The molecule has 3 aromatic heterocycles. The molecule has 31 heavy (non-hydrogen) atoms. The topological polar surface area (TPSA) is 60.2 Å². The van der Waals surface area contributed by atoms with Crippen LogP contribution < -0.4 is 5.56 Å². The van der Waals surface area contributed by atoms with Gasteiger partial charge < -0.3 is 14.4 Å². The van der Waals surface area contributed by atoms with Gasteiger partial charge in [-0.3, -0.25) is 14.0 Å². The number of methoxy groups -OCH3 is 2. The van der Waals surface area contributed by atoms with Crippen LogP contribution in [-0.4, -0.2) is 55.7 Å². The van der Waals surface area contributed by atoms with Crippen molar-refractivity contribution in [2.75, 3.05) is 40.5 Å². The van der Waals surface area contributed by atoms with Gasteiger partial charge in [0.2, 0.25) is 0 Å². The fourth-order valence-electron chi connectivity index (χ4n) is 3.68. The lowest BCUT2D eigenvalue weighted by Crippen LogP contribution is -2.37. The zero-order chi connectivity index (χ0) is 21.8. The monoisotopic (exact) mass is 436 g/mol. The summed E-state index contributed by atoms with van der Waals surface area (Å²) < 4.78 is 12.9. The van der Waals surface area contributed by atoms with Crippen molar-refractivity contribution < 1.29 is 14.3 Å². The van der Waals surface area contributed by atoms with E-state index in [1.54, 1.807) is 35.8 Å². The Bertz CT molecular complexity index is 1260. The molecule has 0 bridgehead atoms. The van der Waals surface area contributed by atoms with Crippen molar-refractivity contribution in [2.45, 2.75) is 0 Å². The number of carbonyl (C=O) groups excluding carboxylic acids is 1. The molecule has 0 aliphatic heterocycles. The van der Waals surface area contributed by atoms with E-state index in [-0.39, 0.29) is 11.5 Å². The van der Waals surface area contributed by atoms with Crippen LogP contribution in [0.3, 0.4) is 0 Å². The number of carbonyl (C=O) groups is 1. The van der Waals surface area contributed by atoms with E-state index < -0.39 is 0 Å². The van der Waals surface area contributed by atoms with Crippen molar-refractivity contribution in [1.29, 1.82) is 0 Å². The van der Waals surface area contributed by atoms with Gasteiger partial charge in [0.1, 0.15) is 0 Å². The average Bonchev–Trinajstić information content (AvgIpc) is 3.29. The minimum Gasteiger partial charge on any atom is -0.383 e. The molecule has 0 atom stereocenters. The molecular formula is C24H24N2O4S. The summed E-state index contributed by atoms with van der Waals surface area (Å²) >= 11 is 1.53. The molecule has 1 amide bonds. The normalized spacial score (nSPS) is 11.3. The predicted octanol–water partition coefficient (Wildman–Crippen LogP) is 3.92. The van der Waals surface area contributed by atoms with E-state index in [1.165, 1.54) is 11.3 Å². The Morgan fingerprint density at radius 3 is 2.42 bits per heavy atom. The first-order valence-electron chi connectivity index (χ1n) is 10.0. The maximum Gasteiger partial charge on any atom is 0.263 e. The number of thiophene rings is 1. The summed E-state index contributed by atoms with van der Waals surface area (Å²) in [4.78, 5) is 28.8. The van der Waals surface area contributed by atoms with E-state index in [0.717, 1.165) is 15.6 Å². The molecule has 0 aliphatic carbocycles. The molecule has 7 heteroatoms. The van der Waals surface area contributed by atoms with Gasteiger partial charge in [-0.15, -0.1) is 11.3 Å². The van der Waals surface area contributed by atoms with Gasteiger partial charge in [0, 0.05) is 39.1 Å². The van der Waals surface area contributed by atoms with Crippen LogP contribution in [-0.2, 0) is 9.47 Å².